The minimum absolute atomic E-state index is 0.0255. The smallest absolute Gasteiger partial charge is 0.301 e. The van der Waals surface area contributed by atoms with Crippen molar-refractivity contribution in [1.29, 1.82) is 0 Å². The number of thiazole rings is 1. The highest BCUT2D eigenvalue weighted by molar-refractivity contribution is 7.22. The number of carbonyl (C=O) groups is 2. The number of hydrogen-bond donors (Lipinski definition) is 1. The average molecular weight is 513 g/mol. The van der Waals surface area contributed by atoms with Gasteiger partial charge in [-0.15, -0.1) is 0 Å². The van der Waals surface area contributed by atoms with Crippen LogP contribution in [-0.4, -0.2) is 35.0 Å². The van der Waals surface area contributed by atoms with Crippen molar-refractivity contribution in [1.82, 2.24) is 4.98 Å². The van der Waals surface area contributed by atoms with Crippen molar-refractivity contribution in [2.24, 2.45) is 0 Å². The number of carbonyl (C=O) groups excluding carboxylic acids is 2. The van der Waals surface area contributed by atoms with Gasteiger partial charge in [-0.3, -0.25) is 14.5 Å². The molecule has 2 aliphatic heterocycles. The Balaban J connectivity index is 1.53. The number of ketones is 1. The molecule has 2 unspecified atom stereocenters. The SMILES string of the molecule is COc1ccc(C2/C(=C(/O)c3ccc4c(c3)CC(C)O4)C(=O)C(=O)N2c2nc3ccc(C)cc3s2)cc1. The lowest BCUT2D eigenvalue weighted by molar-refractivity contribution is -0.132. The Hall–Kier alpha value is -4.17. The molecule has 0 bridgehead atoms. The van der Waals surface area contributed by atoms with Crippen LogP contribution in [0.5, 0.6) is 11.5 Å². The molecule has 3 heterocycles. The van der Waals surface area contributed by atoms with Crippen LogP contribution in [0.25, 0.3) is 16.0 Å². The molecule has 4 aromatic rings. The Morgan fingerprint density at radius 2 is 1.89 bits per heavy atom. The number of amides is 1. The minimum atomic E-state index is -0.851. The Morgan fingerprint density at radius 1 is 1.11 bits per heavy atom. The number of aryl methyl sites for hydroxylation is 1. The summed E-state index contributed by atoms with van der Waals surface area (Å²) in [7, 11) is 1.57. The lowest BCUT2D eigenvalue weighted by atomic mass is 9.94. The molecule has 1 saturated heterocycles. The molecule has 0 saturated carbocycles. The molecule has 1 fully saturated rings. The van der Waals surface area contributed by atoms with Crippen LogP contribution in [0.2, 0.25) is 0 Å². The lowest BCUT2D eigenvalue weighted by Crippen LogP contribution is -2.29. The van der Waals surface area contributed by atoms with Gasteiger partial charge >= 0.3 is 5.91 Å². The van der Waals surface area contributed by atoms with E-state index in [4.69, 9.17) is 9.47 Å². The lowest BCUT2D eigenvalue weighted by Gasteiger charge is -2.23. The van der Waals surface area contributed by atoms with Crippen molar-refractivity contribution in [3.8, 4) is 11.5 Å². The van der Waals surface area contributed by atoms with Crippen molar-refractivity contribution in [3.63, 3.8) is 0 Å². The highest BCUT2D eigenvalue weighted by Crippen LogP contribution is 2.45. The van der Waals surface area contributed by atoms with Crippen LogP contribution >= 0.6 is 11.3 Å². The van der Waals surface area contributed by atoms with E-state index in [2.05, 4.69) is 4.98 Å². The van der Waals surface area contributed by atoms with Crippen LogP contribution in [0.4, 0.5) is 5.13 Å². The van der Waals surface area contributed by atoms with E-state index in [-0.39, 0.29) is 17.4 Å². The van der Waals surface area contributed by atoms with Crippen LogP contribution in [0, 0.1) is 6.92 Å². The van der Waals surface area contributed by atoms with Gasteiger partial charge in [0, 0.05) is 12.0 Å². The van der Waals surface area contributed by atoms with Gasteiger partial charge in [-0.2, -0.15) is 0 Å². The standard InChI is InChI=1S/C29H24N2O5S/c1-15-4-10-21-23(12-15)37-29(30-21)31-25(17-5-8-20(35-3)9-6-17)24(27(33)28(31)34)26(32)18-7-11-22-19(14-18)13-16(2)36-22/h4-12,14,16,25,32H,13H2,1-3H3/b26-24-. The highest BCUT2D eigenvalue weighted by atomic mass is 32.1. The molecule has 2 atom stereocenters. The fraction of sp³-hybridized carbons (Fsp3) is 0.207. The van der Waals surface area contributed by atoms with E-state index in [1.54, 1.807) is 43.5 Å². The summed E-state index contributed by atoms with van der Waals surface area (Å²) in [4.78, 5) is 33.0. The molecule has 8 heteroatoms. The molecule has 37 heavy (non-hydrogen) atoms. The molecule has 6 rings (SSSR count). The number of rotatable bonds is 4. The predicted molar refractivity (Wildman–Crippen MR) is 142 cm³/mol. The Labute approximate surface area is 217 Å². The van der Waals surface area contributed by atoms with E-state index >= 15 is 0 Å². The third-order valence-electron chi connectivity index (χ3n) is 6.78. The maximum atomic E-state index is 13.5. The fourth-order valence-corrected chi connectivity index (χ4v) is 6.07. The molecule has 0 aliphatic carbocycles. The van der Waals surface area contributed by atoms with Crippen molar-refractivity contribution in [3.05, 3.63) is 88.5 Å². The maximum Gasteiger partial charge on any atom is 0.301 e. The number of fused-ring (bicyclic) bond motifs is 2. The summed E-state index contributed by atoms with van der Waals surface area (Å²) in [6, 6.07) is 17.5. The Morgan fingerprint density at radius 3 is 2.65 bits per heavy atom. The number of anilines is 1. The van der Waals surface area contributed by atoms with Crippen molar-refractivity contribution in [2.45, 2.75) is 32.4 Å². The molecule has 1 N–H and O–H groups in total. The number of hydrogen-bond acceptors (Lipinski definition) is 7. The summed E-state index contributed by atoms with van der Waals surface area (Å²) in [6.45, 7) is 3.97. The zero-order chi connectivity index (χ0) is 25.8. The van der Waals surface area contributed by atoms with E-state index < -0.39 is 17.7 Å². The molecule has 0 radical (unpaired) electrons. The predicted octanol–water partition coefficient (Wildman–Crippen LogP) is 5.56. The summed E-state index contributed by atoms with van der Waals surface area (Å²) in [5.41, 5.74) is 3.92. The molecule has 0 spiro atoms. The van der Waals surface area contributed by atoms with Crippen LogP contribution < -0.4 is 14.4 Å². The number of methoxy groups -OCH3 is 1. The summed E-state index contributed by atoms with van der Waals surface area (Å²) in [6.07, 6.45) is 0.748. The molecular formula is C29H24N2O5S. The van der Waals surface area contributed by atoms with Crippen LogP contribution in [0.3, 0.4) is 0 Å². The fourth-order valence-electron chi connectivity index (χ4n) is 4.98. The first-order valence-corrected chi connectivity index (χ1v) is 12.8. The number of nitrogens with zero attached hydrogens (tertiary/aromatic N) is 2. The minimum Gasteiger partial charge on any atom is -0.507 e. The largest absolute Gasteiger partial charge is 0.507 e. The number of ether oxygens (including phenoxy) is 2. The van der Waals surface area contributed by atoms with Crippen molar-refractivity contribution in [2.75, 3.05) is 12.0 Å². The van der Waals surface area contributed by atoms with Gasteiger partial charge in [0.15, 0.2) is 5.13 Å². The van der Waals surface area contributed by atoms with Crippen LogP contribution in [0.1, 0.15) is 35.2 Å². The zero-order valence-electron chi connectivity index (χ0n) is 20.5. The van der Waals surface area contributed by atoms with Crippen molar-refractivity contribution < 1.29 is 24.2 Å². The van der Waals surface area contributed by atoms with Crippen molar-refractivity contribution >= 4 is 44.1 Å². The van der Waals surface area contributed by atoms with E-state index in [9.17, 15) is 14.7 Å². The summed E-state index contributed by atoms with van der Waals surface area (Å²) >= 11 is 1.34. The molecule has 1 aromatic heterocycles. The Bertz CT molecular complexity index is 1600. The second kappa shape index (κ2) is 8.74. The van der Waals surface area contributed by atoms with Crippen LogP contribution in [-0.2, 0) is 16.0 Å². The quantitative estimate of drug-likeness (QED) is 0.219. The second-order valence-corrected chi connectivity index (χ2v) is 10.4. The van der Waals surface area contributed by atoms with E-state index in [0.717, 1.165) is 27.1 Å². The summed E-state index contributed by atoms with van der Waals surface area (Å²) < 4.78 is 12.0. The number of aliphatic hydroxyl groups is 1. The normalized spacial score (nSPS) is 20.4. The zero-order valence-corrected chi connectivity index (χ0v) is 21.3. The topological polar surface area (TPSA) is 89.0 Å². The van der Waals surface area contributed by atoms with E-state index in [0.29, 0.717) is 28.4 Å². The third kappa shape index (κ3) is 3.84. The number of aromatic nitrogens is 1. The monoisotopic (exact) mass is 512 g/mol. The van der Waals surface area contributed by atoms with Gasteiger partial charge in [0.2, 0.25) is 0 Å². The molecule has 1 amide bonds. The van der Waals surface area contributed by atoms with Gasteiger partial charge in [-0.05, 0) is 73.0 Å². The Kier molecular flexibility index (Phi) is 5.49. The summed E-state index contributed by atoms with van der Waals surface area (Å²) in [5, 5.41) is 11.9. The van der Waals surface area contributed by atoms with Gasteiger partial charge < -0.3 is 14.6 Å². The molecule has 186 valence electrons. The van der Waals surface area contributed by atoms with E-state index in [1.165, 1.54) is 16.2 Å². The van der Waals surface area contributed by atoms with Gasteiger partial charge in [0.25, 0.3) is 5.78 Å². The molecule has 7 nitrogen and oxygen atoms in total. The van der Waals surface area contributed by atoms with Gasteiger partial charge in [0.05, 0.1) is 28.9 Å². The molecule has 2 aliphatic rings. The maximum absolute atomic E-state index is 13.5. The number of benzene rings is 3. The van der Waals surface area contributed by atoms with E-state index in [1.807, 2.05) is 38.1 Å². The van der Waals surface area contributed by atoms with Gasteiger partial charge in [-0.1, -0.05) is 29.5 Å². The second-order valence-electron chi connectivity index (χ2n) is 9.36. The average Bonchev–Trinajstić information content (AvgIpc) is 3.55. The molecule has 3 aromatic carbocycles. The first-order chi connectivity index (χ1) is 17.8. The summed E-state index contributed by atoms with van der Waals surface area (Å²) in [5.74, 6) is -0.291. The van der Waals surface area contributed by atoms with Gasteiger partial charge in [-0.25, -0.2) is 4.98 Å². The third-order valence-corrected chi connectivity index (χ3v) is 7.80. The van der Waals surface area contributed by atoms with Gasteiger partial charge in [0.1, 0.15) is 23.4 Å². The highest BCUT2D eigenvalue weighted by Gasteiger charge is 2.48. The molecular weight excluding hydrogens is 488 g/mol. The number of aliphatic hydroxyl groups excluding tert-OH is 1. The van der Waals surface area contributed by atoms with Crippen LogP contribution in [0.15, 0.2) is 66.2 Å². The first-order valence-electron chi connectivity index (χ1n) is 12.0. The number of Topliss-reactive ketones (excluding diaryl/α,β-unsaturated/α-hetero) is 1. The first kappa shape index (κ1) is 23.2.